The molecule has 5 rings (SSSR count). The normalized spacial score (nSPS) is 22.4. The fraction of sp³-hybridized carbons (Fsp3) is 0.677. The van der Waals surface area contributed by atoms with E-state index in [2.05, 4.69) is 37.1 Å². The molecule has 0 radical (unpaired) electrons. The largest absolute Gasteiger partial charge is 0.416 e. The number of allylic oxidation sites excluding steroid dienone is 1. The summed E-state index contributed by atoms with van der Waals surface area (Å²) < 4.78 is 38.9. The number of unbranched alkanes of at least 4 members (excludes halogenated alkanes) is 3. The van der Waals surface area contributed by atoms with Crippen molar-refractivity contribution in [2.45, 2.75) is 71.9 Å². The van der Waals surface area contributed by atoms with E-state index >= 15 is 0 Å². The molecule has 2 bridgehead atoms. The molecule has 2 fully saturated rings. The van der Waals surface area contributed by atoms with Gasteiger partial charge in [-0.15, -0.1) is 0 Å². The van der Waals surface area contributed by atoms with Gasteiger partial charge in [-0.2, -0.15) is 13.2 Å². The Kier molecular flexibility index (Phi) is 9.85. The van der Waals surface area contributed by atoms with Gasteiger partial charge in [0.2, 0.25) is 5.91 Å². The Balaban J connectivity index is 1.34. The number of hydrogen-bond donors (Lipinski definition) is 1. The van der Waals surface area contributed by atoms with Crippen LogP contribution in [0.5, 0.6) is 0 Å². The topological polar surface area (TPSA) is 55.9 Å². The van der Waals surface area contributed by atoms with Crippen molar-refractivity contribution in [2.75, 3.05) is 51.1 Å². The predicted octanol–water partition coefficient (Wildman–Crippen LogP) is 6.65. The SMILES string of the molecule is CCCCCCC(=O)N1CCN(CCN(CC2=CCC3CC2C3(C)C)C(=O)Nc2ccc(C(F)(F)F)cc2)CC1. The number of urea groups is 1. The van der Waals surface area contributed by atoms with E-state index in [0.29, 0.717) is 56.7 Å². The van der Waals surface area contributed by atoms with Crippen LogP contribution in [0.15, 0.2) is 35.9 Å². The highest BCUT2D eigenvalue weighted by Gasteiger charge is 2.51. The number of carbonyl (C=O) groups is 2. The first-order valence-corrected chi connectivity index (χ1v) is 14.9. The van der Waals surface area contributed by atoms with Crippen molar-refractivity contribution in [3.63, 3.8) is 0 Å². The van der Waals surface area contributed by atoms with Crippen LogP contribution in [0.25, 0.3) is 0 Å². The third-order valence-electron chi connectivity index (χ3n) is 9.36. The molecule has 6 nitrogen and oxygen atoms in total. The van der Waals surface area contributed by atoms with Gasteiger partial charge in [0.25, 0.3) is 0 Å². The van der Waals surface area contributed by atoms with Crippen molar-refractivity contribution >= 4 is 17.6 Å². The Morgan fingerprint density at radius 2 is 1.75 bits per heavy atom. The summed E-state index contributed by atoms with van der Waals surface area (Å²) in [6.45, 7) is 11.4. The second kappa shape index (κ2) is 13.0. The fourth-order valence-electron chi connectivity index (χ4n) is 6.42. The third kappa shape index (κ3) is 7.39. The number of alkyl halides is 3. The highest BCUT2D eigenvalue weighted by molar-refractivity contribution is 5.89. The van der Waals surface area contributed by atoms with Crippen LogP contribution in [0.3, 0.4) is 0 Å². The Labute approximate surface area is 236 Å². The fourth-order valence-corrected chi connectivity index (χ4v) is 6.42. The number of anilines is 1. The minimum atomic E-state index is -4.42. The molecular formula is C31H45F3N4O2. The van der Waals surface area contributed by atoms with Crippen LogP contribution in [0.2, 0.25) is 0 Å². The van der Waals surface area contributed by atoms with Crippen molar-refractivity contribution < 1.29 is 22.8 Å². The molecule has 1 aromatic rings. The highest BCUT2D eigenvalue weighted by atomic mass is 19.4. The van der Waals surface area contributed by atoms with Gasteiger partial charge in [-0.1, -0.05) is 51.7 Å². The molecule has 3 aliphatic carbocycles. The molecule has 3 amide bonds. The number of hydrogen-bond acceptors (Lipinski definition) is 3. The molecule has 9 heteroatoms. The first kappa shape index (κ1) is 30.4. The van der Waals surface area contributed by atoms with Gasteiger partial charge >= 0.3 is 12.2 Å². The Bertz CT molecular complexity index is 1050. The van der Waals surface area contributed by atoms with Gasteiger partial charge in [0, 0.05) is 57.9 Å². The number of amides is 3. The zero-order chi connectivity index (χ0) is 28.9. The quantitative estimate of drug-likeness (QED) is 0.243. The molecule has 1 N–H and O–H groups in total. The lowest BCUT2D eigenvalue weighted by atomic mass is 9.49. The van der Waals surface area contributed by atoms with Gasteiger partial charge < -0.3 is 15.1 Å². The minimum Gasteiger partial charge on any atom is -0.340 e. The van der Waals surface area contributed by atoms with Crippen LogP contribution in [-0.2, 0) is 11.0 Å². The van der Waals surface area contributed by atoms with Crippen LogP contribution in [-0.4, -0.2) is 72.5 Å². The van der Waals surface area contributed by atoms with Crippen LogP contribution in [0, 0.1) is 17.3 Å². The van der Waals surface area contributed by atoms with Gasteiger partial charge in [0.1, 0.15) is 0 Å². The smallest absolute Gasteiger partial charge is 0.340 e. The lowest BCUT2D eigenvalue weighted by Crippen LogP contribution is -2.52. The van der Waals surface area contributed by atoms with E-state index in [1.54, 1.807) is 4.90 Å². The van der Waals surface area contributed by atoms with Crippen molar-refractivity contribution in [3.05, 3.63) is 41.5 Å². The zero-order valence-electron chi connectivity index (χ0n) is 24.2. The molecule has 2 unspecified atom stereocenters. The summed E-state index contributed by atoms with van der Waals surface area (Å²) in [5, 5.41) is 2.82. The summed E-state index contributed by atoms with van der Waals surface area (Å²) in [5.74, 6) is 1.39. The van der Waals surface area contributed by atoms with E-state index in [-0.39, 0.29) is 17.4 Å². The van der Waals surface area contributed by atoms with Gasteiger partial charge in [0.05, 0.1) is 5.56 Å². The van der Waals surface area contributed by atoms with E-state index in [9.17, 15) is 22.8 Å². The van der Waals surface area contributed by atoms with E-state index in [1.807, 2.05) is 4.90 Å². The molecular weight excluding hydrogens is 517 g/mol. The van der Waals surface area contributed by atoms with E-state index in [0.717, 1.165) is 57.3 Å². The number of piperazine rings is 1. The third-order valence-corrected chi connectivity index (χ3v) is 9.36. The van der Waals surface area contributed by atoms with Crippen LogP contribution in [0.4, 0.5) is 23.7 Å². The van der Waals surface area contributed by atoms with Crippen molar-refractivity contribution in [1.82, 2.24) is 14.7 Å². The lowest BCUT2D eigenvalue weighted by Gasteiger charge is -2.57. The molecule has 1 saturated heterocycles. The molecule has 1 heterocycles. The molecule has 0 aromatic heterocycles. The molecule has 2 atom stereocenters. The maximum atomic E-state index is 13.4. The molecule has 0 spiro atoms. The summed E-state index contributed by atoms with van der Waals surface area (Å²) in [4.78, 5) is 32.0. The van der Waals surface area contributed by atoms with Crippen LogP contribution >= 0.6 is 0 Å². The molecule has 40 heavy (non-hydrogen) atoms. The average molecular weight is 563 g/mol. The average Bonchev–Trinajstić information content (AvgIpc) is 2.93. The number of halogens is 3. The predicted molar refractivity (Wildman–Crippen MR) is 152 cm³/mol. The molecule has 1 saturated carbocycles. The monoisotopic (exact) mass is 562 g/mol. The Morgan fingerprint density at radius 1 is 1.05 bits per heavy atom. The van der Waals surface area contributed by atoms with Gasteiger partial charge in [0.15, 0.2) is 0 Å². The van der Waals surface area contributed by atoms with E-state index in [1.165, 1.54) is 24.1 Å². The molecule has 222 valence electrons. The highest BCUT2D eigenvalue weighted by Crippen LogP contribution is 2.59. The minimum absolute atomic E-state index is 0.235. The summed E-state index contributed by atoms with van der Waals surface area (Å²) >= 11 is 0. The molecule has 4 aliphatic rings. The Morgan fingerprint density at radius 3 is 2.35 bits per heavy atom. The van der Waals surface area contributed by atoms with Gasteiger partial charge in [-0.25, -0.2) is 4.79 Å². The van der Waals surface area contributed by atoms with Crippen LogP contribution in [0.1, 0.15) is 71.3 Å². The van der Waals surface area contributed by atoms with Crippen LogP contribution < -0.4 is 5.32 Å². The van der Waals surface area contributed by atoms with E-state index in [4.69, 9.17) is 0 Å². The number of carbonyl (C=O) groups excluding carboxylic acids is 2. The van der Waals surface area contributed by atoms with Gasteiger partial charge in [-0.05, 0) is 60.8 Å². The maximum absolute atomic E-state index is 13.4. The summed E-state index contributed by atoms with van der Waals surface area (Å²) in [5.41, 5.74) is 1.12. The summed E-state index contributed by atoms with van der Waals surface area (Å²) in [6, 6.07) is 4.28. The number of nitrogens with zero attached hydrogens (tertiary/aromatic N) is 3. The number of rotatable bonds is 11. The summed E-state index contributed by atoms with van der Waals surface area (Å²) in [6.07, 6.45) is 5.04. The summed E-state index contributed by atoms with van der Waals surface area (Å²) in [7, 11) is 0. The van der Waals surface area contributed by atoms with Crippen molar-refractivity contribution in [3.8, 4) is 0 Å². The standard InChI is InChI=1S/C31H45F3N4O2/c1-4-5-6-7-8-28(39)37-18-15-36(16-19-37)17-20-38(22-23-9-10-25-21-27(23)30(25,2)3)29(40)35-26-13-11-24(12-14-26)31(32,33)34/h9,11-14,25,27H,4-8,10,15-22H2,1-3H3,(H,35,40). The number of benzene rings is 1. The van der Waals surface area contributed by atoms with Crippen molar-refractivity contribution in [2.24, 2.45) is 17.3 Å². The number of nitrogens with one attached hydrogen (secondary N) is 1. The zero-order valence-corrected chi connectivity index (χ0v) is 24.2. The second-order valence-electron chi connectivity index (χ2n) is 12.3. The molecule has 1 aromatic carbocycles. The first-order chi connectivity index (χ1) is 19.0. The van der Waals surface area contributed by atoms with Gasteiger partial charge in [-0.3, -0.25) is 9.69 Å². The second-order valence-corrected chi connectivity index (χ2v) is 12.3. The number of fused-ring (bicyclic) bond motifs is 1. The van der Waals surface area contributed by atoms with E-state index < -0.39 is 11.7 Å². The Hall–Kier alpha value is -2.55. The van der Waals surface area contributed by atoms with Crippen molar-refractivity contribution in [1.29, 1.82) is 0 Å². The molecule has 1 aliphatic heterocycles. The first-order valence-electron chi connectivity index (χ1n) is 14.9. The maximum Gasteiger partial charge on any atom is 0.416 e. The lowest BCUT2D eigenvalue weighted by molar-refractivity contribution is -0.137.